The molecule has 7 heteroatoms. The average Bonchev–Trinajstić information content (AvgIpc) is 2.74. The predicted octanol–water partition coefficient (Wildman–Crippen LogP) is 3.42. The first kappa shape index (κ1) is 21.4. The molecule has 3 aromatic carbocycles. The van der Waals surface area contributed by atoms with Crippen molar-refractivity contribution in [3.05, 3.63) is 96.1 Å². The standard InChI is InChI=1S/C23H22N2O4S/c1-17(26)19-11-8-12-20(16-19)24-23(27)22(15-18-9-4-2-5-10-18)25-30(28,29)21-13-6-3-7-14-21/h2-14,16,22,25H,15H2,1H3,(H,24,27)/t22-/m1/s1. The first-order chi connectivity index (χ1) is 14.3. The zero-order valence-electron chi connectivity index (χ0n) is 16.4. The van der Waals surface area contributed by atoms with Crippen molar-refractivity contribution >= 4 is 27.4 Å². The fourth-order valence-corrected chi connectivity index (χ4v) is 4.15. The summed E-state index contributed by atoms with van der Waals surface area (Å²) in [5.41, 5.74) is 1.69. The first-order valence-corrected chi connectivity index (χ1v) is 10.9. The number of hydrogen-bond donors (Lipinski definition) is 2. The third-order valence-corrected chi connectivity index (χ3v) is 5.97. The Labute approximate surface area is 176 Å². The average molecular weight is 423 g/mol. The van der Waals surface area contributed by atoms with Crippen molar-refractivity contribution in [3.8, 4) is 0 Å². The molecule has 0 bridgehead atoms. The van der Waals surface area contributed by atoms with E-state index in [2.05, 4.69) is 10.0 Å². The summed E-state index contributed by atoms with van der Waals surface area (Å²) in [6.07, 6.45) is 0.172. The maximum Gasteiger partial charge on any atom is 0.242 e. The van der Waals surface area contributed by atoms with Gasteiger partial charge >= 0.3 is 0 Å². The Hall–Kier alpha value is -3.29. The number of carbonyl (C=O) groups is 2. The molecule has 6 nitrogen and oxygen atoms in total. The van der Waals surface area contributed by atoms with E-state index >= 15 is 0 Å². The lowest BCUT2D eigenvalue weighted by Crippen LogP contribution is -2.45. The number of benzene rings is 3. The number of amides is 1. The number of sulfonamides is 1. The van der Waals surface area contributed by atoms with E-state index in [1.807, 2.05) is 30.3 Å². The van der Waals surface area contributed by atoms with Crippen LogP contribution in [-0.2, 0) is 21.2 Å². The van der Waals surface area contributed by atoms with Gasteiger partial charge < -0.3 is 5.32 Å². The summed E-state index contributed by atoms with van der Waals surface area (Å²) in [6, 6.07) is 22.5. The fourth-order valence-electron chi connectivity index (χ4n) is 2.94. The summed E-state index contributed by atoms with van der Waals surface area (Å²) in [7, 11) is -3.90. The van der Waals surface area contributed by atoms with Crippen molar-refractivity contribution in [2.24, 2.45) is 0 Å². The highest BCUT2D eigenvalue weighted by Gasteiger charge is 2.26. The molecule has 0 radical (unpaired) electrons. The van der Waals surface area contributed by atoms with Crippen LogP contribution in [0.25, 0.3) is 0 Å². The van der Waals surface area contributed by atoms with E-state index in [4.69, 9.17) is 0 Å². The lowest BCUT2D eigenvalue weighted by Gasteiger charge is -2.19. The molecule has 0 aliphatic heterocycles. The first-order valence-electron chi connectivity index (χ1n) is 9.38. The Balaban J connectivity index is 1.86. The van der Waals surface area contributed by atoms with Gasteiger partial charge in [-0.25, -0.2) is 8.42 Å². The highest BCUT2D eigenvalue weighted by molar-refractivity contribution is 7.89. The third-order valence-electron chi connectivity index (χ3n) is 4.49. The molecule has 0 aromatic heterocycles. The van der Waals surface area contributed by atoms with Gasteiger partial charge in [0.25, 0.3) is 0 Å². The largest absolute Gasteiger partial charge is 0.325 e. The number of rotatable bonds is 8. The van der Waals surface area contributed by atoms with Crippen LogP contribution in [-0.4, -0.2) is 26.2 Å². The van der Waals surface area contributed by atoms with Crippen LogP contribution < -0.4 is 10.0 Å². The molecule has 0 heterocycles. The molecule has 2 N–H and O–H groups in total. The zero-order chi connectivity index (χ0) is 21.6. The van der Waals surface area contributed by atoms with Crippen molar-refractivity contribution in [2.75, 3.05) is 5.32 Å². The van der Waals surface area contributed by atoms with E-state index in [1.54, 1.807) is 42.5 Å². The molecule has 0 aliphatic rings. The minimum atomic E-state index is -3.90. The van der Waals surface area contributed by atoms with Crippen molar-refractivity contribution < 1.29 is 18.0 Å². The highest BCUT2D eigenvalue weighted by atomic mass is 32.2. The number of nitrogens with one attached hydrogen (secondary N) is 2. The molecule has 0 aliphatic carbocycles. The van der Waals surface area contributed by atoms with Gasteiger partial charge in [-0.15, -0.1) is 0 Å². The summed E-state index contributed by atoms with van der Waals surface area (Å²) in [6.45, 7) is 1.44. The smallest absolute Gasteiger partial charge is 0.242 e. The lowest BCUT2D eigenvalue weighted by molar-refractivity contribution is -0.117. The lowest BCUT2D eigenvalue weighted by atomic mass is 10.1. The second kappa shape index (κ2) is 9.47. The topological polar surface area (TPSA) is 92.3 Å². The molecule has 30 heavy (non-hydrogen) atoms. The minimum Gasteiger partial charge on any atom is -0.325 e. The number of ketones is 1. The van der Waals surface area contributed by atoms with Crippen molar-refractivity contribution in [1.82, 2.24) is 4.72 Å². The van der Waals surface area contributed by atoms with Crippen LogP contribution in [0.1, 0.15) is 22.8 Å². The summed E-state index contributed by atoms with van der Waals surface area (Å²) in [4.78, 5) is 24.7. The van der Waals surface area contributed by atoms with Gasteiger partial charge in [-0.2, -0.15) is 4.72 Å². The molecule has 3 rings (SSSR count). The molecule has 0 spiro atoms. The van der Waals surface area contributed by atoms with E-state index in [0.29, 0.717) is 11.3 Å². The summed E-state index contributed by atoms with van der Waals surface area (Å²) in [5.74, 6) is -0.643. The Morgan fingerprint density at radius 1 is 0.867 bits per heavy atom. The zero-order valence-corrected chi connectivity index (χ0v) is 17.2. The molecule has 154 valence electrons. The predicted molar refractivity (Wildman–Crippen MR) is 116 cm³/mol. The Morgan fingerprint density at radius 3 is 2.13 bits per heavy atom. The maximum absolute atomic E-state index is 13.0. The van der Waals surface area contributed by atoms with Crippen molar-refractivity contribution in [3.63, 3.8) is 0 Å². The van der Waals surface area contributed by atoms with Crippen LogP contribution in [0.15, 0.2) is 89.8 Å². The number of Topliss-reactive ketones (excluding diaryl/α,β-unsaturated/α-hetero) is 1. The van der Waals surface area contributed by atoms with Gasteiger partial charge in [0.15, 0.2) is 5.78 Å². The Bertz CT molecular complexity index is 1130. The van der Waals surface area contributed by atoms with Crippen molar-refractivity contribution in [1.29, 1.82) is 0 Å². The Kier molecular flexibility index (Phi) is 6.76. The fraction of sp³-hybridized carbons (Fsp3) is 0.130. The molecule has 0 fully saturated rings. The molecule has 1 amide bonds. The minimum absolute atomic E-state index is 0.0782. The van der Waals surface area contributed by atoms with Crippen LogP contribution in [0.4, 0.5) is 5.69 Å². The van der Waals surface area contributed by atoms with E-state index in [-0.39, 0.29) is 17.1 Å². The third kappa shape index (κ3) is 5.62. The van der Waals surface area contributed by atoms with Crippen LogP contribution in [0.5, 0.6) is 0 Å². The SMILES string of the molecule is CC(=O)c1cccc(NC(=O)[C@@H](Cc2ccccc2)NS(=O)(=O)c2ccccc2)c1. The summed E-state index contributed by atoms with van der Waals surface area (Å²) >= 11 is 0. The molecule has 0 saturated carbocycles. The van der Waals surface area contributed by atoms with E-state index in [1.165, 1.54) is 19.1 Å². The van der Waals surface area contributed by atoms with Gasteiger partial charge in [0, 0.05) is 11.3 Å². The van der Waals surface area contributed by atoms with Gasteiger partial charge in [-0.1, -0.05) is 60.7 Å². The monoisotopic (exact) mass is 422 g/mol. The maximum atomic E-state index is 13.0. The van der Waals surface area contributed by atoms with Gasteiger partial charge in [-0.05, 0) is 43.2 Å². The van der Waals surface area contributed by atoms with E-state index < -0.39 is 22.0 Å². The summed E-state index contributed by atoms with van der Waals surface area (Å²) in [5, 5.41) is 2.71. The van der Waals surface area contributed by atoms with Crippen LogP contribution in [0, 0.1) is 0 Å². The highest BCUT2D eigenvalue weighted by Crippen LogP contribution is 2.15. The number of carbonyl (C=O) groups excluding carboxylic acids is 2. The van der Waals surface area contributed by atoms with Crippen LogP contribution >= 0.6 is 0 Å². The molecular weight excluding hydrogens is 400 g/mol. The molecule has 3 aromatic rings. The number of anilines is 1. The quantitative estimate of drug-likeness (QED) is 0.544. The molecule has 1 atom stereocenters. The molecule has 0 saturated heterocycles. The van der Waals surface area contributed by atoms with E-state index in [0.717, 1.165) is 5.56 Å². The second-order valence-corrected chi connectivity index (χ2v) is 8.52. The molecular formula is C23H22N2O4S. The van der Waals surface area contributed by atoms with E-state index in [9.17, 15) is 18.0 Å². The Morgan fingerprint density at radius 2 is 1.50 bits per heavy atom. The number of hydrogen-bond acceptors (Lipinski definition) is 4. The second-order valence-electron chi connectivity index (χ2n) is 6.80. The van der Waals surface area contributed by atoms with Crippen LogP contribution in [0.2, 0.25) is 0 Å². The summed E-state index contributed by atoms with van der Waals surface area (Å²) < 4.78 is 28.1. The normalized spacial score (nSPS) is 12.2. The van der Waals surface area contributed by atoms with Gasteiger partial charge in [0.05, 0.1) is 4.90 Å². The van der Waals surface area contributed by atoms with Gasteiger partial charge in [0.2, 0.25) is 15.9 Å². The molecule has 0 unspecified atom stereocenters. The van der Waals surface area contributed by atoms with Crippen molar-refractivity contribution in [2.45, 2.75) is 24.3 Å². The van der Waals surface area contributed by atoms with Gasteiger partial charge in [-0.3, -0.25) is 9.59 Å². The van der Waals surface area contributed by atoms with Crippen LogP contribution in [0.3, 0.4) is 0 Å². The van der Waals surface area contributed by atoms with Gasteiger partial charge in [0.1, 0.15) is 6.04 Å².